The van der Waals surface area contributed by atoms with Crippen LogP contribution in [0.2, 0.25) is 0 Å². The molecule has 0 radical (unpaired) electrons. The van der Waals surface area contributed by atoms with Gasteiger partial charge in [0.25, 0.3) is 0 Å². The highest BCUT2D eigenvalue weighted by Crippen LogP contribution is 2.44. The van der Waals surface area contributed by atoms with Crippen molar-refractivity contribution in [2.24, 2.45) is 5.92 Å². The van der Waals surface area contributed by atoms with E-state index in [-0.39, 0.29) is 23.8 Å². The van der Waals surface area contributed by atoms with E-state index in [9.17, 15) is 27.6 Å². The second-order valence-electron chi connectivity index (χ2n) is 8.82. The van der Waals surface area contributed by atoms with Gasteiger partial charge in [0.05, 0.1) is 5.92 Å². The molecule has 2 atom stereocenters. The van der Waals surface area contributed by atoms with Crippen LogP contribution in [0, 0.1) is 5.92 Å². The summed E-state index contributed by atoms with van der Waals surface area (Å²) in [4.78, 5) is 36.6. The van der Waals surface area contributed by atoms with Crippen molar-refractivity contribution in [1.29, 1.82) is 0 Å². The van der Waals surface area contributed by atoms with E-state index >= 15 is 0 Å². The molecule has 7 nitrogen and oxygen atoms in total. The van der Waals surface area contributed by atoms with Gasteiger partial charge in [-0.25, -0.2) is 4.79 Å². The number of nitrogens with zero attached hydrogens (tertiary/aromatic N) is 1. The average molecular weight is 490 g/mol. The highest BCUT2D eigenvalue weighted by atomic mass is 19.4. The highest BCUT2D eigenvalue weighted by molar-refractivity contribution is 5.84. The van der Waals surface area contributed by atoms with Crippen LogP contribution in [0.25, 0.3) is 11.1 Å². The minimum absolute atomic E-state index is 0.0599. The zero-order valence-corrected chi connectivity index (χ0v) is 18.8. The molecule has 0 spiro atoms. The van der Waals surface area contributed by atoms with Crippen molar-refractivity contribution < 1.29 is 37.4 Å². The van der Waals surface area contributed by atoms with Gasteiger partial charge in [0.2, 0.25) is 5.91 Å². The van der Waals surface area contributed by atoms with Crippen LogP contribution < -0.4 is 5.32 Å². The maximum Gasteiger partial charge on any atom is 0.407 e. The lowest BCUT2D eigenvalue weighted by atomic mass is 9.98. The van der Waals surface area contributed by atoms with Crippen LogP contribution in [0.5, 0.6) is 0 Å². The quantitative estimate of drug-likeness (QED) is 0.608. The molecule has 0 unspecified atom stereocenters. The molecule has 0 aliphatic heterocycles. The number of carbonyl (C=O) groups excluding carboxylic acids is 2. The third-order valence-electron chi connectivity index (χ3n) is 6.49. The lowest BCUT2D eigenvalue weighted by Gasteiger charge is -2.28. The van der Waals surface area contributed by atoms with Crippen molar-refractivity contribution in [3.8, 4) is 11.1 Å². The zero-order chi connectivity index (χ0) is 25.2. The summed E-state index contributed by atoms with van der Waals surface area (Å²) >= 11 is 0. The number of halogens is 3. The van der Waals surface area contributed by atoms with Gasteiger partial charge >= 0.3 is 18.2 Å². The van der Waals surface area contributed by atoms with Gasteiger partial charge < -0.3 is 20.1 Å². The van der Waals surface area contributed by atoms with Gasteiger partial charge in [-0.05, 0) is 35.1 Å². The van der Waals surface area contributed by atoms with Crippen molar-refractivity contribution in [2.75, 3.05) is 19.7 Å². The Morgan fingerprint density at radius 1 is 1.00 bits per heavy atom. The van der Waals surface area contributed by atoms with Crippen molar-refractivity contribution in [2.45, 2.75) is 37.4 Å². The maximum absolute atomic E-state index is 12.9. The van der Waals surface area contributed by atoms with Crippen molar-refractivity contribution in [3.63, 3.8) is 0 Å². The van der Waals surface area contributed by atoms with E-state index < -0.39 is 49.2 Å². The summed E-state index contributed by atoms with van der Waals surface area (Å²) in [6.45, 7) is -2.66. The molecule has 2 N–H and O–H groups in total. The van der Waals surface area contributed by atoms with Gasteiger partial charge in [-0.1, -0.05) is 55.0 Å². The predicted octanol–water partition coefficient (Wildman–Crippen LogP) is 4.17. The lowest BCUT2D eigenvalue weighted by molar-refractivity contribution is -0.168. The predicted molar refractivity (Wildman–Crippen MR) is 120 cm³/mol. The summed E-state index contributed by atoms with van der Waals surface area (Å²) in [6.07, 6.45) is -4.36. The molecule has 1 saturated carbocycles. The second kappa shape index (κ2) is 9.97. The Morgan fingerprint density at radius 3 is 2.17 bits per heavy atom. The Labute approximate surface area is 199 Å². The van der Waals surface area contributed by atoms with Crippen LogP contribution in [-0.4, -0.2) is 59.9 Å². The lowest BCUT2D eigenvalue weighted by Crippen LogP contribution is -2.49. The largest absolute Gasteiger partial charge is 0.480 e. The summed E-state index contributed by atoms with van der Waals surface area (Å²) in [7, 11) is 0. The molecule has 0 bridgehead atoms. The Bertz CT molecular complexity index is 1070. The maximum atomic E-state index is 12.9. The van der Waals surface area contributed by atoms with Crippen LogP contribution in [0.15, 0.2) is 48.5 Å². The highest BCUT2D eigenvalue weighted by Gasteiger charge is 2.41. The summed E-state index contributed by atoms with van der Waals surface area (Å²) in [5, 5.41) is 11.6. The molecule has 4 rings (SSSR count). The fraction of sp³-hybridized carbons (Fsp3) is 0.400. The van der Waals surface area contributed by atoms with Crippen LogP contribution in [0.1, 0.15) is 36.3 Å². The molecule has 2 aromatic rings. The minimum Gasteiger partial charge on any atom is -0.480 e. The van der Waals surface area contributed by atoms with Crippen LogP contribution >= 0.6 is 0 Å². The van der Waals surface area contributed by atoms with Gasteiger partial charge in [-0.15, -0.1) is 0 Å². The van der Waals surface area contributed by atoms with Gasteiger partial charge in [0, 0.05) is 12.0 Å². The number of amides is 2. The van der Waals surface area contributed by atoms with Gasteiger partial charge in [-0.2, -0.15) is 13.2 Å². The third kappa shape index (κ3) is 5.58. The zero-order valence-electron chi connectivity index (χ0n) is 18.8. The monoisotopic (exact) mass is 490 g/mol. The van der Waals surface area contributed by atoms with E-state index in [1.165, 1.54) is 0 Å². The van der Waals surface area contributed by atoms with Gasteiger partial charge in [0.15, 0.2) is 0 Å². The van der Waals surface area contributed by atoms with Crippen LogP contribution in [0.4, 0.5) is 18.0 Å². The number of hydrogen-bond acceptors (Lipinski definition) is 4. The molecule has 186 valence electrons. The van der Waals surface area contributed by atoms with Crippen LogP contribution in [-0.2, 0) is 14.3 Å². The Balaban J connectivity index is 1.40. The third-order valence-corrected chi connectivity index (χ3v) is 6.49. The van der Waals surface area contributed by atoms with Gasteiger partial charge in [0.1, 0.15) is 19.7 Å². The Hall–Kier alpha value is -3.56. The summed E-state index contributed by atoms with van der Waals surface area (Å²) in [5.74, 6) is -3.59. The molecule has 0 aromatic heterocycles. The molecule has 0 heterocycles. The number of alkyl halides is 3. The second-order valence-corrected chi connectivity index (χ2v) is 8.82. The van der Waals surface area contributed by atoms with Crippen molar-refractivity contribution in [1.82, 2.24) is 10.2 Å². The topological polar surface area (TPSA) is 95.9 Å². The number of alkyl carbamates (subject to hydrolysis) is 1. The fourth-order valence-corrected chi connectivity index (χ4v) is 5.05. The first-order valence-electron chi connectivity index (χ1n) is 11.3. The Kier molecular flexibility index (Phi) is 7.00. The molecule has 0 saturated heterocycles. The minimum atomic E-state index is -4.74. The number of benzene rings is 2. The summed E-state index contributed by atoms with van der Waals surface area (Å²) in [6, 6.07) is 14.9. The standard InChI is InChI=1S/C25H25F3N2O5/c26-25(27,28)14-30(12-22(31)32)23(33)19-10-5-11-21(19)29-24(34)35-13-20-17-8-3-1-6-15(17)16-7-2-4-9-18(16)20/h1-4,6-9,19-21H,5,10-14H2,(H,29,34)(H,31,32)/t19-,21+/m1/s1. The molecule has 2 aromatic carbocycles. The Morgan fingerprint density at radius 2 is 1.60 bits per heavy atom. The number of nitrogens with one attached hydrogen (secondary N) is 1. The van der Waals surface area contributed by atoms with E-state index in [1.54, 1.807) is 0 Å². The molecule has 2 aliphatic carbocycles. The van der Waals surface area contributed by atoms with E-state index in [4.69, 9.17) is 9.84 Å². The first kappa shape index (κ1) is 24.6. The number of hydrogen-bond donors (Lipinski definition) is 2. The number of aliphatic carboxylic acids is 1. The summed E-state index contributed by atoms with van der Waals surface area (Å²) < 4.78 is 44.2. The SMILES string of the molecule is O=C(O)CN(CC(F)(F)F)C(=O)[C@@H]1CCC[C@@H]1NC(=O)OCC1c2ccccc2-c2ccccc21. The molecule has 10 heteroatoms. The number of carboxylic acids is 1. The number of fused-ring (bicyclic) bond motifs is 3. The summed E-state index contributed by atoms with van der Waals surface area (Å²) in [5.41, 5.74) is 4.21. The number of ether oxygens (including phenoxy) is 1. The molecular weight excluding hydrogens is 465 g/mol. The van der Waals surface area contributed by atoms with E-state index in [2.05, 4.69) is 5.32 Å². The molecule has 35 heavy (non-hydrogen) atoms. The van der Waals surface area contributed by atoms with Crippen LogP contribution in [0.3, 0.4) is 0 Å². The smallest absolute Gasteiger partial charge is 0.407 e. The number of carboxylic acid groups (broad SMARTS) is 1. The van der Waals surface area contributed by atoms with Gasteiger partial charge in [-0.3, -0.25) is 9.59 Å². The van der Waals surface area contributed by atoms with Crippen molar-refractivity contribution in [3.05, 3.63) is 59.7 Å². The number of carbonyl (C=O) groups is 3. The van der Waals surface area contributed by atoms with E-state index in [0.29, 0.717) is 12.8 Å². The normalized spacial score (nSPS) is 19.1. The van der Waals surface area contributed by atoms with E-state index in [1.807, 2.05) is 48.5 Å². The van der Waals surface area contributed by atoms with Crippen molar-refractivity contribution >= 4 is 18.0 Å². The molecule has 2 amide bonds. The first-order chi connectivity index (χ1) is 16.6. The molecular formula is C25H25F3N2O5. The average Bonchev–Trinajstić information content (AvgIpc) is 3.38. The number of rotatable bonds is 7. The fourth-order valence-electron chi connectivity index (χ4n) is 5.05. The molecule has 1 fully saturated rings. The first-order valence-corrected chi connectivity index (χ1v) is 11.3. The van der Waals surface area contributed by atoms with E-state index in [0.717, 1.165) is 22.3 Å². The molecule has 2 aliphatic rings.